The van der Waals surface area contributed by atoms with Crippen molar-refractivity contribution in [3.05, 3.63) is 35.6 Å². The summed E-state index contributed by atoms with van der Waals surface area (Å²) in [7, 11) is 0. The van der Waals surface area contributed by atoms with Crippen LogP contribution in [0.25, 0.3) is 0 Å². The third-order valence-corrected chi connectivity index (χ3v) is 5.55. The predicted molar refractivity (Wildman–Crippen MR) is 117 cm³/mol. The second-order valence-electron chi connectivity index (χ2n) is 7.41. The molecule has 1 heterocycles. The van der Waals surface area contributed by atoms with E-state index in [4.69, 9.17) is 4.99 Å². The van der Waals surface area contributed by atoms with Gasteiger partial charge in [0.05, 0.1) is 6.54 Å². The molecule has 1 aromatic carbocycles. The molecule has 1 aliphatic carbocycles. The Hall–Kier alpha value is -0.890. The molecule has 2 aliphatic rings. The number of nitrogens with zero attached hydrogens (tertiary/aromatic N) is 2. The van der Waals surface area contributed by atoms with E-state index in [-0.39, 0.29) is 35.2 Å². The fraction of sp³-hybridized carbons (Fsp3) is 0.650. The van der Waals surface area contributed by atoms with Crippen LogP contribution in [0, 0.1) is 11.7 Å². The lowest BCUT2D eigenvalue weighted by atomic mass is 9.96. The summed E-state index contributed by atoms with van der Waals surface area (Å²) in [5.41, 5.74) is 1.12. The van der Waals surface area contributed by atoms with E-state index < -0.39 is 0 Å². The molecule has 146 valence electrons. The summed E-state index contributed by atoms with van der Waals surface area (Å²) in [4.78, 5) is 7.31. The van der Waals surface area contributed by atoms with Gasteiger partial charge in [-0.3, -0.25) is 4.99 Å². The smallest absolute Gasteiger partial charge is 0.191 e. The molecule has 1 unspecified atom stereocenters. The molecule has 1 aliphatic heterocycles. The molecule has 0 amide bonds. The van der Waals surface area contributed by atoms with Crippen LogP contribution in [0.3, 0.4) is 0 Å². The average Bonchev–Trinajstić information content (AvgIpc) is 3.27. The third kappa shape index (κ3) is 5.55. The van der Waals surface area contributed by atoms with Crippen molar-refractivity contribution >= 4 is 29.9 Å². The number of hydrogen-bond donors (Lipinski definition) is 2. The highest BCUT2D eigenvalue weighted by atomic mass is 127. The van der Waals surface area contributed by atoms with E-state index in [1.54, 1.807) is 12.1 Å². The van der Waals surface area contributed by atoms with E-state index in [2.05, 4.69) is 29.4 Å². The van der Waals surface area contributed by atoms with Crippen LogP contribution in [0.5, 0.6) is 0 Å². The van der Waals surface area contributed by atoms with Gasteiger partial charge in [-0.25, -0.2) is 4.39 Å². The van der Waals surface area contributed by atoms with Gasteiger partial charge in [0.2, 0.25) is 0 Å². The maximum atomic E-state index is 13.5. The maximum Gasteiger partial charge on any atom is 0.191 e. The van der Waals surface area contributed by atoms with Gasteiger partial charge in [0.15, 0.2) is 5.96 Å². The summed E-state index contributed by atoms with van der Waals surface area (Å²) in [6.45, 7) is 10.4. The molecule has 3 rings (SSSR count). The Bertz CT molecular complexity index is 603. The van der Waals surface area contributed by atoms with Crippen molar-refractivity contribution in [1.82, 2.24) is 15.5 Å². The van der Waals surface area contributed by atoms with Crippen molar-refractivity contribution in [2.45, 2.75) is 38.5 Å². The third-order valence-electron chi connectivity index (χ3n) is 5.55. The van der Waals surface area contributed by atoms with Gasteiger partial charge in [0.25, 0.3) is 0 Å². The standard InChI is InChI=1S/C20H31FN4.HI/c1-3-22-19(23-13-16-8-11-25(4-2)14-16)24-15-20(9-10-20)17-6-5-7-18(21)12-17;/h5-7,12,16H,3-4,8-11,13-15H2,1-2H3,(H2,22,23,24);1H. The minimum absolute atomic E-state index is 0. The zero-order valence-corrected chi connectivity index (χ0v) is 18.3. The highest BCUT2D eigenvalue weighted by Crippen LogP contribution is 2.48. The van der Waals surface area contributed by atoms with E-state index in [1.165, 1.54) is 25.6 Å². The van der Waals surface area contributed by atoms with E-state index in [1.807, 2.05) is 6.07 Å². The van der Waals surface area contributed by atoms with E-state index >= 15 is 0 Å². The first-order chi connectivity index (χ1) is 12.1. The lowest BCUT2D eigenvalue weighted by molar-refractivity contribution is 0.342. The molecule has 1 saturated heterocycles. The molecule has 0 aromatic heterocycles. The zero-order chi connectivity index (χ0) is 17.7. The first-order valence-electron chi connectivity index (χ1n) is 9.66. The Morgan fingerprint density at radius 1 is 1.31 bits per heavy atom. The van der Waals surface area contributed by atoms with Gasteiger partial charge in [-0.2, -0.15) is 0 Å². The lowest BCUT2D eigenvalue weighted by Crippen LogP contribution is -2.40. The normalized spacial score (nSPS) is 22.0. The van der Waals surface area contributed by atoms with Crippen LogP contribution >= 0.6 is 24.0 Å². The molecule has 4 nitrogen and oxygen atoms in total. The van der Waals surface area contributed by atoms with Gasteiger partial charge in [-0.05, 0) is 62.9 Å². The van der Waals surface area contributed by atoms with Crippen molar-refractivity contribution in [1.29, 1.82) is 0 Å². The van der Waals surface area contributed by atoms with Crippen molar-refractivity contribution in [3.8, 4) is 0 Å². The Balaban J connectivity index is 0.00000243. The van der Waals surface area contributed by atoms with Gasteiger partial charge in [0.1, 0.15) is 5.82 Å². The van der Waals surface area contributed by atoms with Crippen LogP contribution < -0.4 is 10.6 Å². The summed E-state index contributed by atoms with van der Waals surface area (Å²) in [5.74, 6) is 1.43. The quantitative estimate of drug-likeness (QED) is 0.362. The molecule has 26 heavy (non-hydrogen) atoms. The first-order valence-corrected chi connectivity index (χ1v) is 9.66. The van der Waals surface area contributed by atoms with Crippen molar-refractivity contribution in [3.63, 3.8) is 0 Å². The maximum absolute atomic E-state index is 13.5. The molecule has 2 N–H and O–H groups in total. The molecule has 1 aromatic rings. The highest BCUT2D eigenvalue weighted by molar-refractivity contribution is 14.0. The number of rotatable bonds is 7. The highest BCUT2D eigenvalue weighted by Gasteiger charge is 2.44. The van der Waals surface area contributed by atoms with Crippen LogP contribution in [0.4, 0.5) is 4.39 Å². The summed E-state index contributed by atoms with van der Waals surface area (Å²) in [6.07, 6.45) is 3.44. The fourth-order valence-electron chi connectivity index (χ4n) is 3.69. The number of likely N-dealkylation sites (tertiary alicyclic amines) is 1. The van der Waals surface area contributed by atoms with Gasteiger partial charge in [0, 0.05) is 25.0 Å². The Kier molecular flexibility index (Phi) is 8.13. The number of hydrogen-bond acceptors (Lipinski definition) is 2. The summed E-state index contributed by atoms with van der Waals surface area (Å²) in [5, 5.41) is 6.85. The summed E-state index contributed by atoms with van der Waals surface area (Å²) in [6, 6.07) is 7.01. The number of guanidine groups is 1. The van der Waals surface area contributed by atoms with Crippen LogP contribution in [0.2, 0.25) is 0 Å². The number of benzene rings is 1. The fourth-order valence-corrected chi connectivity index (χ4v) is 3.69. The first kappa shape index (κ1) is 21.4. The second-order valence-corrected chi connectivity index (χ2v) is 7.41. The van der Waals surface area contributed by atoms with Gasteiger partial charge < -0.3 is 15.5 Å². The van der Waals surface area contributed by atoms with Crippen molar-refractivity contribution in [2.75, 3.05) is 39.3 Å². The van der Waals surface area contributed by atoms with Crippen molar-refractivity contribution in [2.24, 2.45) is 10.9 Å². The van der Waals surface area contributed by atoms with Crippen molar-refractivity contribution < 1.29 is 4.39 Å². The molecule has 0 radical (unpaired) electrons. The Morgan fingerprint density at radius 3 is 2.73 bits per heavy atom. The topological polar surface area (TPSA) is 39.7 Å². The summed E-state index contributed by atoms with van der Waals surface area (Å²) < 4.78 is 13.5. The number of aliphatic imine (C=N–C) groups is 1. The molecule has 2 fully saturated rings. The Labute approximate surface area is 174 Å². The van der Waals surface area contributed by atoms with E-state index in [9.17, 15) is 4.39 Å². The molecule has 0 spiro atoms. The molecular weight excluding hydrogens is 442 g/mol. The number of nitrogens with one attached hydrogen (secondary N) is 2. The second kappa shape index (κ2) is 9.88. The molecular formula is C20H32FIN4. The largest absolute Gasteiger partial charge is 0.357 e. The molecule has 0 bridgehead atoms. The molecule has 1 atom stereocenters. The van der Waals surface area contributed by atoms with Crippen LogP contribution in [-0.4, -0.2) is 50.1 Å². The van der Waals surface area contributed by atoms with Crippen LogP contribution in [0.15, 0.2) is 29.3 Å². The van der Waals surface area contributed by atoms with Gasteiger partial charge in [-0.15, -0.1) is 24.0 Å². The monoisotopic (exact) mass is 474 g/mol. The summed E-state index contributed by atoms with van der Waals surface area (Å²) >= 11 is 0. The average molecular weight is 474 g/mol. The van der Waals surface area contributed by atoms with E-state index in [0.29, 0.717) is 5.92 Å². The van der Waals surface area contributed by atoms with Crippen LogP contribution in [0.1, 0.15) is 38.7 Å². The van der Waals surface area contributed by atoms with Gasteiger partial charge in [-0.1, -0.05) is 19.1 Å². The Morgan fingerprint density at radius 2 is 2.12 bits per heavy atom. The van der Waals surface area contributed by atoms with E-state index in [0.717, 1.165) is 50.5 Å². The van der Waals surface area contributed by atoms with Crippen LogP contribution in [-0.2, 0) is 5.41 Å². The minimum atomic E-state index is -0.153. The number of halogens is 2. The van der Waals surface area contributed by atoms with Gasteiger partial charge >= 0.3 is 0 Å². The lowest BCUT2D eigenvalue weighted by Gasteiger charge is -2.18. The minimum Gasteiger partial charge on any atom is -0.357 e. The molecule has 1 saturated carbocycles. The zero-order valence-electron chi connectivity index (χ0n) is 15.9. The molecule has 6 heteroatoms. The predicted octanol–water partition coefficient (Wildman–Crippen LogP) is 3.37. The SMILES string of the molecule is CCNC(=NCC1(c2cccc(F)c2)CC1)NCC1CCN(CC)C1.I.